The van der Waals surface area contributed by atoms with Crippen LogP contribution in [0.4, 0.5) is 5.13 Å². The largest absolute Gasteiger partial charge is 0.492 e. The summed E-state index contributed by atoms with van der Waals surface area (Å²) in [5.41, 5.74) is 2.26. The molecule has 0 saturated heterocycles. The second kappa shape index (κ2) is 9.94. The molecule has 2 aromatic carbocycles. The Kier molecular flexibility index (Phi) is 6.84. The number of fused-ring (bicyclic) bond motifs is 1. The van der Waals surface area contributed by atoms with Crippen LogP contribution in [0.15, 0.2) is 71.8 Å². The fraction of sp³-hybridized carbons (Fsp3) is 0.208. The molecule has 4 aromatic rings. The predicted octanol–water partition coefficient (Wildman–Crippen LogP) is 6.05. The zero-order valence-corrected chi connectivity index (χ0v) is 19.1. The van der Waals surface area contributed by atoms with Crippen molar-refractivity contribution in [3.8, 4) is 5.75 Å². The Balaban J connectivity index is 1.79. The van der Waals surface area contributed by atoms with Crippen LogP contribution in [-0.2, 0) is 6.54 Å². The molecule has 0 aliphatic carbocycles. The van der Waals surface area contributed by atoms with Crippen LogP contribution in [0.1, 0.15) is 29.9 Å². The van der Waals surface area contributed by atoms with E-state index in [0.717, 1.165) is 32.3 Å². The van der Waals surface area contributed by atoms with E-state index in [1.54, 1.807) is 22.9 Å². The van der Waals surface area contributed by atoms with Crippen molar-refractivity contribution in [2.75, 3.05) is 17.3 Å². The van der Waals surface area contributed by atoms with Crippen LogP contribution in [0.5, 0.6) is 5.75 Å². The van der Waals surface area contributed by atoms with Crippen LogP contribution >= 0.6 is 23.1 Å². The highest BCUT2D eigenvalue weighted by atomic mass is 32.2. The minimum Gasteiger partial charge on any atom is -0.492 e. The van der Waals surface area contributed by atoms with E-state index in [1.807, 2.05) is 67.6 Å². The molecule has 0 unspecified atom stereocenters. The van der Waals surface area contributed by atoms with Gasteiger partial charge in [-0.3, -0.25) is 14.7 Å². The van der Waals surface area contributed by atoms with Gasteiger partial charge in [-0.2, -0.15) is 0 Å². The Hall–Kier alpha value is -2.90. The van der Waals surface area contributed by atoms with Crippen molar-refractivity contribution in [1.29, 1.82) is 0 Å². The molecule has 0 aliphatic rings. The number of para-hydroxylation sites is 1. The third-order valence-corrected chi connectivity index (χ3v) is 6.61. The highest BCUT2D eigenvalue weighted by molar-refractivity contribution is 7.99. The number of amides is 1. The van der Waals surface area contributed by atoms with E-state index in [4.69, 9.17) is 9.72 Å². The molecule has 7 heteroatoms. The molecule has 0 aliphatic heterocycles. The molecule has 0 saturated carbocycles. The van der Waals surface area contributed by atoms with Gasteiger partial charge < -0.3 is 4.74 Å². The summed E-state index contributed by atoms with van der Waals surface area (Å²) in [7, 11) is 0. The first kappa shape index (κ1) is 21.3. The summed E-state index contributed by atoms with van der Waals surface area (Å²) in [6.07, 6.45) is 1.74. The number of carbonyl (C=O) groups is 1. The molecule has 0 bridgehead atoms. The molecule has 4 rings (SSSR count). The van der Waals surface area contributed by atoms with Gasteiger partial charge in [-0.1, -0.05) is 42.5 Å². The topological polar surface area (TPSA) is 55.3 Å². The van der Waals surface area contributed by atoms with E-state index in [-0.39, 0.29) is 5.91 Å². The Morgan fingerprint density at radius 2 is 1.90 bits per heavy atom. The molecule has 158 valence electrons. The van der Waals surface area contributed by atoms with Crippen LogP contribution in [0.25, 0.3) is 10.2 Å². The number of anilines is 1. The van der Waals surface area contributed by atoms with Crippen LogP contribution in [0.2, 0.25) is 0 Å². The van der Waals surface area contributed by atoms with Crippen LogP contribution in [0, 0.1) is 0 Å². The monoisotopic (exact) mass is 449 g/mol. The van der Waals surface area contributed by atoms with Crippen LogP contribution in [0.3, 0.4) is 0 Å². The van der Waals surface area contributed by atoms with Gasteiger partial charge in [0.05, 0.1) is 29.1 Å². The first-order valence-electron chi connectivity index (χ1n) is 10.2. The number of hydrogen-bond donors (Lipinski definition) is 0. The number of pyridine rings is 1. The number of nitrogens with zero attached hydrogens (tertiary/aromatic N) is 3. The van der Waals surface area contributed by atoms with E-state index >= 15 is 0 Å². The van der Waals surface area contributed by atoms with Crippen molar-refractivity contribution in [1.82, 2.24) is 9.97 Å². The number of thioether (sulfide) groups is 1. The SMILES string of the molecule is CCOc1cccc2sc(N(Cc3ccccn3)C(=O)c3ccccc3SCC)nc12. The maximum atomic E-state index is 13.8. The molecule has 0 fully saturated rings. The maximum absolute atomic E-state index is 13.8. The number of rotatable bonds is 8. The summed E-state index contributed by atoms with van der Waals surface area (Å²) >= 11 is 3.15. The summed E-state index contributed by atoms with van der Waals surface area (Å²) in [6, 6.07) is 19.3. The average Bonchev–Trinajstić information content (AvgIpc) is 3.24. The second-order valence-corrected chi connectivity index (χ2v) is 8.99. The van der Waals surface area contributed by atoms with Crippen LogP contribution in [-0.4, -0.2) is 28.2 Å². The van der Waals surface area contributed by atoms with Gasteiger partial charge in [-0.25, -0.2) is 4.98 Å². The van der Waals surface area contributed by atoms with Gasteiger partial charge in [0.15, 0.2) is 5.13 Å². The zero-order valence-electron chi connectivity index (χ0n) is 17.4. The molecule has 0 atom stereocenters. The van der Waals surface area contributed by atoms with Crippen molar-refractivity contribution < 1.29 is 9.53 Å². The fourth-order valence-corrected chi connectivity index (χ4v) is 5.03. The Bertz CT molecular complexity index is 1180. The Morgan fingerprint density at radius 3 is 2.68 bits per heavy atom. The van der Waals surface area contributed by atoms with Crippen molar-refractivity contribution in [2.45, 2.75) is 25.3 Å². The van der Waals surface area contributed by atoms with Crippen LogP contribution < -0.4 is 9.64 Å². The number of hydrogen-bond acceptors (Lipinski definition) is 6. The molecule has 31 heavy (non-hydrogen) atoms. The van der Waals surface area contributed by atoms with E-state index in [1.165, 1.54) is 11.3 Å². The number of benzene rings is 2. The average molecular weight is 450 g/mol. The second-order valence-electron chi connectivity index (χ2n) is 6.67. The highest BCUT2D eigenvalue weighted by Crippen LogP contribution is 2.36. The smallest absolute Gasteiger partial charge is 0.261 e. The van der Waals surface area contributed by atoms with Gasteiger partial charge in [0, 0.05) is 11.1 Å². The third-order valence-electron chi connectivity index (χ3n) is 4.61. The van der Waals surface area contributed by atoms with E-state index in [0.29, 0.717) is 23.8 Å². The van der Waals surface area contributed by atoms with Gasteiger partial charge in [0.25, 0.3) is 5.91 Å². The van der Waals surface area contributed by atoms with E-state index in [9.17, 15) is 4.79 Å². The minimum absolute atomic E-state index is 0.0841. The third kappa shape index (κ3) is 4.73. The number of carbonyl (C=O) groups excluding carboxylic acids is 1. The molecule has 5 nitrogen and oxygen atoms in total. The molecule has 0 spiro atoms. The lowest BCUT2D eigenvalue weighted by atomic mass is 10.2. The molecule has 2 heterocycles. The normalized spacial score (nSPS) is 10.9. The van der Waals surface area contributed by atoms with Gasteiger partial charge >= 0.3 is 0 Å². The molecular formula is C24H23N3O2S2. The molecular weight excluding hydrogens is 426 g/mol. The first-order chi connectivity index (χ1) is 15.2. The van der Waals surface area contributed by atoms with Crippen molar-refractivity contribution in [3.63, 3.8) is 0 Å². The quantitative estimate of drug-likeness (QED) is 0.307. The molecule has 1 amide bonds. The molecule has 2 aromatic heterocycles. The number of thiazole rings is 1. The number of ether oxygens (including phenoxy) is 1. The van der Waals surface area contributed by atoms with Crippen molar-refractivity contribution >= 4 is 44.4 Å². The van der Waals surface area contributed by atoms with E-state index < -0.39 is 0 Å². The summed E-state index contributed by atoms with van der Waals surface area (Å²) in [6.45, 7) is 4.94. The minimum atomic E-state index is -0.0841. The number of aromatic nitrogens is 2. The van der Waals surface area contributed by atoms with E-state index in [2.05, 4.69) is 11.9 Å². The predicted molar refractivity (Wildman–Crippen MR) is 128 cm³/mol. The van der Waals surface area contributed by atoms with Crippen molar-refractivity contribution in [2.24, 2.45) is 0 Å². The maximum Gasteiger partial charge on any atom is 0.261 e. The molecule has 0 N–H and O–H groups in total. The lowest BCUT2D eigenvalue weighted by molar-refractivity contribution is 0.0982. The Labute approximate surface area is 190 Å². The Morgan fingerprint density at radius 1 is 1.06 bits per heavy atom. The van der Waals surface area contributed by atoms with Crippen molar-refractivity contribution in [3.05, 3.63) is 78.1 Å². The van der Waals surface area contributed by atoms with Gasteiger partial charge in [0.1, 0.15) is 11.3 Å². The summed E-state index contributed by atoms with van der Waals surface area (Å²) in [5.74, 6) is 1.54. The van der Waals surface area contributed by atoms with Gasteiger partial charge in [0.2, 0.25) is 0 Å². The summed E-state index contributed by atoms with van der Waals surface area (Å²) in [5, 5.41) is 0.633. The lowest BCUT2D eigenvalue weighted by Crippen LogP contribution is -2.31. The summed E-state index contributed by atoms with van der Waals surface area (Å²) < 4.78 is 6.73. The molecule has 0 radical (unpaired) electrons. The summed E-state index contributed by atoms with van der Waals surface area (Å²) in [4.78, 5) is 25.7. The highest BCUT2D eigenvalue weighted by Gasteiger charge is 2.25. The lowest BCUT2D eigenvalue weighted by Gasteiger charge is -2.21. The zero-order chi connectivity index (χ0) is 21.6. The van der Waals surface area contributed by atoms with Gasteiger partial charge in [-0.15, -0.1) is 11.8 Å². The van der Waals surface area contributed by atoms with Gasteiger partial charge in [-0.05, 0) is 49.1 Å². The fourth-order valence-electron chi connectivity index (χ4n) is 3.25. The first-order valence-corrected chi connectivity index (χ1v) is 12.0. The standard InChI is InChI=1S/C24H23N3O2S2/c1-3-29-19-12-9-14-21-22(19)26-24(31-21)27(16-17-10-7-8-15-25-17)23(28)18-11-5-6-13-20(18)30-4-2/h5-15H,3-4,16H2,1-2H3.